The fraction of sp³-hybridized carbons (Fsp3) is 0.714. The van der Waals surface area contributed by atoms with Crippen molar-refractivity contribution in [3.63, 3.8) is 0 Å². The third kappa shape index (κ3) is 0.856. The molecule has 2 atom stereocenters. The Morgan fingerprint density at radius 1 is 1.00 bits per heavy atom. The van der Waals surface area contributed by atoms with Gasteiger partial charge in [0.25, 0.3) is 0 Å². The SMILES string of the molecule is C1=CC2CCC1C2.[Al]. The van der Waals surface area contributed by atoms with Gasteiger partial charge in [-0.3, -0.25) is 0 Å². The van der Waals surface area contributed by atoms with Crippen LogP contribution < -0.4 is 0 Å². The Morgan fingerprint density at radius 3 is 1.62 bits per heavy atom. The van der Waals surface area contributed by atoms with Crippen LogP contribution in [0.15, 0.2) is 12.2 Å². The smallest absolute Gasteiger partial charge is 0 e. The quantitative estimate of drug-likeness (QED) is 0.337. The van der Waals surface area contributed by atoms with E-state index in [0.29, 0.717) is 0 Å². The van der Waals surface area contributed by atoms with Crippen molar-refractivity contribution in [1.29, 1.82) is 0 Å². The van der Waals surface area contributed by atoms with Crippen LogP contribution in [-0.4, -0.2) is 17.4 Å². The van der Waals surface area contributed by atoms with Gasteiger partial charge in [-0.15, -0.1) is 0 Å². The zero-order valence-corrected chi connectivity index (χ0v) is 6.16. The van der Waals surface area contributed by atoms with Crippen molar-refractivity contribution in [3.05, 3.63) is 12.2 Å². The molecule has 1 heteroatoms. The van der Waals surface area contributed by atoms with Gasteiger partial charge in [-0.2, -0.15) is 0 Å². The summed E-state index contributed by atoms with van der Waals surface area (Å²) in [5, 5.41) is 0. The highest BCUT2D eigenvalue weighted by molar-refractivity contribution is 5.75. The maximum absolute atomic E-state index is 2.38. The van der Waals surface area contributed by atoms with Crippen molar-refractivity contribution in [2.45, 2.75) is 19.3 Å². The summed E-state index contributed by atoms with van der Waals surface area (Å²) < 4.78 is 0. The second-order valence-corrected chi connectivity index (χ2v) is 2.72. The first-order valence-electron chi connectivity index (χ1n) is 3.13. The molecule has 2 aliphatic rings. The lowest BCUT2D eigenvalue weighted by atomic mass is 10.1. The van der Waals surface area contributed by atoms with Crippen LogP contribution >= 0.6 is 0 Å². The summed E-state index contributed by atoms with van der Waals surface area (Å²) >= 11 is 0. The number of rotatable bonds is 0. The molecule has 2 unspecified atom stereocenters. The maximum Gasteiger partial charge on any atom is 0 e. The topological polar surface area (TPSA) is 0 Å². The summed E-state index contributed by atoms with van der Waals surface area (Å²) in [5.41, 5.74) is 0. The monoisotopic (exact) mass is 121 g/mol. The molecule has 0 aliphatic heterocycles. The van der Waals surface area contributed by atoms with E-state index in [2.05, 4.69) is 12.2 Å². The molecule has 0 spiro atoms. The van der Waals surface area contributed by atoms with E-state index in [1.165, 1.54) is 19.3 Å². The van der Waals surface area contributed by atoms with E-state index in [1.807, 2.05) is 0 Å². The van der Waals surface area contributed by atoms with Crippen LogP contribution in [0.4, 0.5) is 0 Å². The first-order chi connectivity index (χ1) is 3.45. The molecule has 1 saturated carbocycles. The standard InChI is InChI=1S/C7H10.Al/c1-2-7-4-3-6(1)5-7;/h1-2,6-7H,3-5H2;. The minimum absolute atomic E-state index is 0. The largest absolute Gasteiger partial charge is 0.0851 e. The van der Waals surface area contributed by atoms with Crippen molar-refractivity contribution in [2.24, 2.45) is 11.8 Å². The zero-order valence-electron chi connectivity index (χ0n) is 5.01. The van der Waals surface area contributed by atoms with Gasteiger partial charge in [-0.05, 0) is 31.1 Å². The lowest BCUT2D eigenvalue weighted by molar-refractivity contribution is 0.691. The summed E-state index contributed by atoms with van der Waals surface area (Å²) in [6.45, 7) is 0. The highest BCUT2D eigenvalue weighted by Gasteiger charge is 2.25. The Morgan fingerprint density at radius 2 is 1.50 bits per heavy atom. The van der Waals surface area contributed by atoms with E-state index in [4.69, 9.17) is 0 Å². The van der Waals surface area contributed by atoms with E-state index in [-0.39, 0.29) is 17.4 Å². The number of hydrogen-bond donors (Lipinski definition) is 0. The summed E-state index contributed by atoms with van der Waals surface area (Å²) in [6, 6.07) is 0. The van der Waals surface area contributed by atoms with E-state index in [9.17, 15) is 0 Å². The van der Waals surface area contributed by atoms with E-state index >= 15 is 0 Å². The molecule has 0 amide bonds. The van der Waals surface area contributed by atoms with Crippen LogP contribution in [0, 0.1) is 11.8 Å². The molecular weight excluding hydrogens is 111 g/mol. The van der Waals surface area contributed by atoms with Gasteiger partial charge in [0.2, 0.25) is 0 Å². The lowest BCUT2D eigenvalue weighted by Gasteiger charge is -1.96. The van der Waals surface area contributed by atoms with Crippen molar-refractivity contribution < 1.29 is 0 Å². The Bertz CT molecular complexity index is 95.0. The van der Waals surface area contributed by atoms with Crippen LogP contribution in [0.2, 0.25) is 0 Å². The fourth-order valence-electron chi connectivity index (χ4n) is 1.72. The van der Waals surface area contributed by atoms with Crippen molar-refractivity contribution >= 4 is 17.4 Å². The Kier molecular flexibility index (Phi) is 1.80. The normalized spacial score (nSPS) is 40.0. The highest BCUT2D eigenvalue weighted by Crippen LogP contribution is 2.38. The van der Waals surface area contributed by atoms with Crippen molar-refractivity contribution in [2.75, 3.05) is 0 Å². The van der Waals surface area contributed by atoms with Crippen LogP contribution in [0.25, 0.3) is 0 Å². The van der Waals surface area contributed by atoms with Gasteiger partial charge in [0, 0.05) is 17.4 Å². The molecule has 41 valence electrons. The van der Waals surface area contributed by atoms with Crippen molar-refractivity contribution in [3.8, 4) is 0 Å². The highest BCUT2D eigenvalue weighted by atomic mass is 27.0. The van der Waals surface area contributed by atoms with E-state index < -0.39 is 0 Å². The molecule has 0 N–H and O–H groups in total. The van der Waals surface area contributed by atoms with Gasteiger partial charge < -0.3 is 0 Å². The van der Waals surface area contributed by atoms with Gasteiger partial charge in [0.15, 0.2) is 0 Å². The molecule has 0 heterocycles. The Labute approximate surface area is 61.1 Å². The molecule has 2 bridgehead atoms. The second kappa shape index (κ2) is 2.25. The van der Waals surface area contributed by atoms with E-state index in [0.717, 1.165) is 11.8 Å². The first-order valence-corrected chi connectivity index (χ1v) is 3.13. The number of fused-ring (bicyclic) bond motifs is 2. The zero-order chi connectivity index (χ0) is 4.69. The molecule has 0 aromatic heterocycles. The van der Waals surface area contributed by atoms with Gasteiger partial charge in [-0.25, -0.2) is 0 Å². The summed E-state index contributed by atoms with van der Waals surface area (Å²) in [6.07, 6.45) is 9.19. The van der Waals surface area contributed by atoms with Crippen LogP contribution in [0.5, 0.6) is 0 Å². The second-order valence-electron chi connectivity index (χ2n) is 2.72. The van der Waals surface area contributed by atoms with Gasteiger partial charge in [0.1, 0.15) is 0 Å². The molecule has 2 aliphatic carbocycles. The molecule has 0 nitrogen and oxygen atoms in total. The van der Waals surface area contributed by atoms with Gasteiger partial charge in [-0.1, -0.05) is 12.2 Å². The molecule has 0 saturated heterocycles. The summed E-state index contributed by atoms with van der Waals surface area (Å²) in [7, 11) is 0. The molecule has 3 radical (unpaired) electrons. The predicted octanol–water partition coefficient (Wildman–Crippen LogP) is 1.59. The number of hydrogen-bond acceptors (Lipinski definition) is 0. The van der Waals surface area contributed by atoms with Gasteiger partial charge >= 0.3 is 0 Å². The first kappa shape index (κ1) is 6.39. The lowest BCUT2D eigenvalue weighted by Crippen LogP contribution is -1.82. The molecule has 1 fully saturated rings. The molecular formula is C7H10Al. The molecule has 2 rings (SSSR count). The minimum atomic E-state index is 0. The molecule has 0 aromatic rings. The predicted molar refractivity (Wildman–Crippen MR) is 35.7 cm³/mol. The third-order valence-corrected chi connectivity index (χ3v) is 2.17. The maximum atomic E-state index is 2.38. The van der Waals surface area contributed by atoms with Crippen LogP contribution in [0.1, 0.15) is 19.3 Å². The van der Waals surface area contributed by atoms with Crippen LogP contribution in [-0.2, 0) is 0 Å². The average Bonchev–Trinajstić information content (AvgIpc) is 2.22. The summed E-state index contributed by atoms with van der Waals surface area (Å²) in [5.74, 6) is 1.98. The Balaban J connectivity index is 0.000000320. The average molecular weight is 121 g/mol. The Hall–Kier alpha value is 0.272. The molecule has 8 heavy (non-hydrogen) atoms. The summed E-state index contributed by atoms with van der Waals surface area (Å²) in [4.78, 5) is 0. The van der Waals surface area contributed by atoms with Crippen molar-refractivity contribution in [1.82, 2.24) is 0 Å². The van der Waals surface area contributed by atoms with E-state index in [1.54, 1.807) is 0 Å². The van der Waals surface area contributed by atoms with Gasteiger partial charge in [0.05, 0.1) is 0 Å². The molecule has 0 aromatic carbocycles. The van der Waals surface area contributed by atoms with Crippen LogP contribution in [0.3, 0.4) is 0 Å². The third-order valence-electron chi connectivity index (χ3n) is 2.17. The fourth-order valence-corrected chi connectivity index (χ4v) is 1.72. The minimum Gasteiger partial charge on any atom is -0.0851 e. The number of allylic oxidation sites excluding steroid dienone is 2.